The van der Waals surface area contributed by atoms with Crippen molar-refractivity contribution in [2.75, 3.05) is 0 Å². The van der Waals surface area contributed by atoms with Crippen molar-refractivity contribution in [1.82, 2.24) is 14.9 Å². The molecule has 0 radical (unpaired) electrons. The molecule has 1 aliphatic carbocycles. The quantitative estimate of drug-likeness (QED) is 0.868. The molecule has 1 N–H and O–H groups in total. The molecule has 4 nitrogen and oxygen atoms in total. The van der Waals surface area contributed by atoms with E-state index in [1.54, 1.807) is 6.20 Å². The van der Waals surface area contributed by atoms with Gasteiger partial charge in [-0.25, -0.2) is 4.98 Å². The average Bonchev–Trinajstić information content (AvgIpc) is 3.01. The van der Waals surface area contributed by atoms with Gasteiger partial charge in [-0.05, 0) is 30.0 Å². The third-order valence-corrected chi connectivity index (χ3v) is 3.88. The first-order chi connectivity index (χ1) is 9.79. The standard InChI is InChI=1S/C16H17N3O/c1-2-15(20)18-16-13-6-4-3-5-12(13)7-8-14(16)19-10-9-17-11-19/h2-6,9-11,14,16H,1,7-8H2,(H,18,20). The van der Waals surface area contributed by atoms with Crippen LogP contribution in [0.1, 0.15) is 29.6 Å². The van der Waals surface area contributed by atoms with Crippen molar-refractivity contribution < 1.29 is 4.79 Å². The summed E-state index contributed by atoms with van der Waals surface area (Å²) in [5, 5.41) is 3.06. The largest absolute Gasteiger partial charge is 0.344 e. The number of hydrogen-bond acceptors (Lipinski definition) is 2. The van der Waals surface area contributed by atoms with Gasteiger partial charge in [-0.3, -0.25) is 4.79 Å². The van der Waals surface area contributed by atoms with Crippen LogP contribution in [0.5, 0.6) is 0 Å². The normalized spacial score (nSPS) is 21.0. The number of aromatic nitrogens is 2. The molecular formula is C16H17N3O. The highest BCUT2D eigenvalue weighted by Gasteiger charge is 2.31. The monoisotopic (exact) mass is 267 g/mol. The van der Waals surface area contributed by atoms with Crippen LogP contribution in [0.25, 0.3) is 0 Å². The summed E-state index contributed by atoms with van der Waals surface area (Å²) in [6.07, 6.45) is 8.85. The summed E-state index contributed by atoms with van der Waals surface area (Å²) < 4.78 is 2.07. The van der Waals surface area contributed by atoms with E-state index in [0.717, 1.165) is 12.8 Å². The van der Waals surface area contributed by atoms with Gasteiger partial charge in [0.05, 0.1) is 18.4 Å². The van der Waals surface area contributed by atoms with E-state index in [9.17, 15) is 4.79 Å². The van der Waals surface area contributed by atoms with Crippen LogP contribution < -0.4 is 5.32 Å². The molecule has 2 aromatic rings. The summed E-state index contributed by atoms with van der Waals surface area (Å²) >= 11 is 0. The summed E-state index contributed by atoms with van der Waals surface area (Å²) in [5.41, 5.74) is 2.49. The van der Waals surface area contributed by atoms with Crippen LogP contribution in [0.2, 0.25) is 0 Å². The minimum atomic E-state index is -0.142. The molecule has 0 fully saturated rings. The zero-order chi connectivity index (χ0) is 13.9. The van der Waals surface area contributed by atoms with Crippen LogP contribution in [-0.2, 0) is 11.2 Å². The Labute approximate surface area is 118 Å². The second-order valence-corrected chi connectivity index (χ2v) is 5.01. The maximum atomic E-state index is 11.8. The molecule has 102 valence electrons. The molecule has 2 atom stereocenters. The van der Waals surface area contributed by atoms with Gasteiger partial charge >= 0.3 is 0 Å². The van der Waals surface area contributed by atoms with Crippen molar-refractivity contribution in [2.24, 2.45) is 0 Å². The van der Waals surface area contributed by atoms with Gasteiger partial charge in [-0.2, -0.15) is 0 Å². The number of carbonyl (C=O) groups is 1. The molecule has 4 heteroatoms. The predicted molar refractivity (Wildman–Crippen MR) is 77.1 cm³/mol. The van der Waals surface area contributed by atoms with Crippen LogP contribution in [0.4, 0.5) is 0 Å². The number of nitrogens with zero attached hydrogens (tertiary/aromatic N) is 2. The van der Waals surface area contributed by atoms with Crippen LogP contribution >= 0.6 is 0 Å². The van der Waals surface area contributed by atoms with Crippen molar-refractivity contribution in [3.05, 3.63) is 66.8 Å². The SMILES string of the molecule is C=CC(=O)NC1c2ccccc2CCC1n1ccnc1. The van der Waals surface area contributed by atoms with Gasteiger partial charge in [-0.15, -0.1) is 0 Å². The van der Waals surface area contributed by atoms with E-state index < -0.39 is 0 Å². The number of hydrogen-bond donors (Lipinski definition) is 1. The number of rotatable bonds is 3. The Kier molecular flexibility index (Phi) is 3.37. The second-order valence-electron chi connectivity index (χ2n) is 5.01. The number of benzene rings is 1. The minimum absolute atomic E-state index is 0.0420. The second kappa shape index (κ2) is 5.33. The van der Waals surface area contributed by atoms with E-state index in [4.69, 9.17) is 0 Å². The van der Waals surface area contributed by atoms with Gasteiger partial charge in [0.1, 0.15) is 0 Å². The van der Waals surface area contributed by atoms with Crippen molar-refractivity contribution in [2.45, 2.75) is 24.9 Å². The lowest BCUT2D eigenvalue weighted by Gasteiger charge is -2.34. The first kappa shape index (κ1) is 12.7. The lowest BCUT2D eigenvalue weighted by Crippen LogP contribution is -2.36. The van der Waals surface area contributed by atoms with Gasteiger partial charge in [-0.1, -0.05) is 30.8 Å². The first-order valence-corrected chi connectivity index (χ1v) is 6.78. The smallest absolute Gasteiger partial charge is 0.243 e. The van der Waals surface area contributed by atoms with Gasteiger partial charge in [0.25, 0.3) is 0 Å². The summed E-state index contributed by atoms with van der Waals surface area (Å²) in [5.74, 6) is -0.142. The van der Waals surface area contributed by atoms with Crippen LogP contribution in [0.15, 0.2) is 55.6 Å². The maximum absolute atomic E-state index is 11.8. The van der Waals surface area contributed by atoms with E-state index in [2.05, 4.69) is 33.6 Å². The summed E-state index contributed by atoms with van der Waals surface area (Å²) in [6.45, 7) is 3.54. The molecule has 0 spiro atoms. The Morgan fingerprint density at radius 3 is 3.05 bits per heavy atom. The minimum Gasteiger partial charge on any atom is -0.344 e. The zero-order valence-electron chi connectivity index (χ0n) is 11.2. The third kappa shape index (κ3) is 2.25. The van der Waals surface area contributed by atoms with E-state index in [0.29, 0.717) is 0 Å². The Hall–Kier alpha value is -2.36. The molecular weight excluding hydrogens is 250 g/mol. The van der Waals surface area contributed by atoms with E-state index >= 15 is 0 Å². The van der Waals surface area contributed by atoms with Crippen LogP contribution in [0.3, 0.4) is 0 Å². The Bertz CT molecular complexity index is 618. The molecule has 0 aliphatic heterocycles. The van der Waals surface area contributed by atoms with E-state index in [1.165, 1.54) is 17.2 Å². The number of amides is 1. The summed E-state index contributed by atoms with van der Waals surface area (Å²) in [7, 11) is 0. The molecule has 20 heavy (non-hydrogen) atoms. The van der Waals surface area contributed by atoms with Crippen molar-refractivity contribution in [3.8, 4) is 0 Å². The highest BCUT2D eigenvalue weighted by Crippen LogP contribution is 2.37. The van der Waals surface area contributed by atoms with E-state index in [-0.39, 0.29) is 18.0 Å². The lowest BCUT2D eigenvalue weighted by molar-refractivity contribution is -0.117. The highest BCUT2D eigenvalue weighted by atomic mass is 16.1. The number of carbonyl (C=O) groups excluding carboxylic acids is 1. The fourth-order valence-electron chi connectivity index (χ4n) is 2.92. The molecule has 1 amide bonds. The summed E-state index contributed by atoms with van der Waals surface area (Å²) in [4.78, 5) is 15.9. The molecule has 1 heterocycles. The molecule has 3 rings (SSSR count). The predicted octanol–water partition coefficient (Wildman–Crippen LogP) is 2.41. The fraction of sp³-hybridized carbons (Fsp3) is 0.250. The third-order valence-electron chi connectivity index (χ3n) is 3.88. The van der Waals surface area contributed by atoms with Crippen LogP contribution in [0, 0.1) is 0 Å². The molecule has 1 aliphatic rings. The van der Waals surface area contributed by atoms with Gasteiger partial charge < -0.3 is 9.88 Å². The lowest BCUT2D eigenvalue weighted by atomic mass is 9.84. The number of imidazole rings is 1. The molecule has 1 aromatic heterocycles. The number of fused-ring (bicyclic) bond motifs is 1. The molecule has 0 bridgehead atoms. The van der Waals surface area contributed by atoms with Crippen molar-refractivity contribution in [1.29, 1.82) is 0 Å². The highest BCUT2D eigenvalue weighted by molar-refractivity contribution is 5.87. The Morgan fingerprint density at radius 2 is 2.30 bits per heavy atom. The van der Waals surface area contributed by atoms with Crippen molar-refractivity contribution >= 4 is 5.91 Å². The fourth-order valence-corrected chi connectivity index (χ4v) is 2.92. The van der Waals surface area contributed by atoms with E-state index in [1.807, 2.05) is 24.7 Å². The first-order valence-electron chi connectivity index (χ1n) is 6.78. The summed E-state index contributed by atoms with van der Waals surface area (Å²) in [6, 6.07) is 8.43. The van der Waals surface area contributed by atoms with Crippen molar-refractivity contribution in [3.63, 3.8) is 0 Å². The van der Waals surface area contributed by atoms with Gasteiger partial charge in [0.2, 0.25) is 5.91 Å². The topological polar surface area (TPSA) is 46.9 Å². The van der Waals surface area contributed by atoms with Gasteiger partial charge in [0.15, 0.2) is 0 Å². The van der Waals surface area contributed by atoms with Gasteiger partial charge in [0, 0.05) is 12.4 Å². The molecule has 0 saturated carbocycles. The molecule has 2 unspecified atom stereocenters. The maximum Gasteiger partial charge on any atom is 0.243 e. The molecule has 1 aromatic carbocycles. The average molecular weight is 267 g/mol. The number of aryl methyl sites for hydroxylation is 1. The number of nitrogens with one attached hydrogen (secondary N) is 1. The molecule has 0 saturated heterocycles. The Morgan fingerprint density at radius 1 is 1.45 bits per heavy atom. The Balaban J connectivity index is 1.99. The zero-order valence-corrected chi connectivity index (χ0v) is 11.2. The van der Waals surface area contributed by atoms with Crippen LogP contribution in [-0.4, -0.2) is 15.5 Å².